The van der Waals surface area contributed by atoms with Gasteiger partial charge < -0.3 is 10.1 Å². The zero-order valence-electron chi connectivity index (χ0n) is 14.6. The summed E-state index contributed by atoms with van der Waals surface area (Å²) in [6.07, 6.45) is 14.1. The van der Waals surface area contributed by atoms with Crippen molar-refractivity contribution in [2.24, 2.45) is 17.3 Å². The molecular formula is C19H37NO. The Bertz CT molecular complexity index is 279. The number of hydrogen-bond acceptors (Lipinski definition) is 2. The van der Waals surface area contributed by atoms with E-state index in [2.05, 4.69) is 19.2 Å². The Morgan fingerprint density at radius 3 is 2.48 bits per heavy atom. The molecule has 1 atom stereocenters. The van der Waals surface area contributed by atoms with Crippen molar-refractivity contribution >= 4 is 0 Å². The number of methoxy groups -OCH3 is 1. The largest absolute Gasteiger partial charge is 0.385 e. The molecule has 0 aromatic carbocycles. The van der Waals surface area contributed by atoms with Crippen LogP contribution >= 0.6 is 0 Å². The summed E-state index contributed by atoms with van der Waals surface area (Å²) in [7, 11) is 1.84. The monoisotopic (exact) mass is 295 g/mol. The van der Waals surface area contributed by atoms with Crippen molar-refractivity contribution < 1.29 is 4.74 Å². The lowest BCUT2D eigenvalue weighted by Crippen LogP contribution is -2.43. The predicted molar refractivity (Wildman–Crippen MR) is 90.6 cm³/mol. The van der Waals surface area contributed by atoms with Gasteiger partial charge in [0.1, 0.15) is 0 Å². The van der Waals surface area contributed by atoms with Crippen molar-refractivity contribution in [2.45, 2.75) is 84.1 Å². The standard InChI is InChI=1S/C19H37NO/c1-4-5-6-17-9-12-19(13-10-17,15-20-18-7-8-18)16(2)11-14-21-3/h16-18,20H,4-15H2,1-3H3. The third kappa shape index (κ3) is 5.25. The van der Waals surface area contributed by atoms with Gasteiger partial charge >= 0.3 is 0 Å². The van der Waals surface area contributed by atoms with Crippen LogP contribution in [0.25, 0.3) is 0 Å². The fourth-order valence-electron chi connectivity index (χ4n) is 4.11. The molecule has 2 rings (SSSR count). The first kappa shape index (κ1) is 17.3. The minimum Gasteiger partial charge on any atom is -0.385 e. The van der Waals surface area contributed by atoms with Gasteiger partial charge in [0.15, 0.2) is 0 Å². The molecule has 0 saturated heterocycles. The Morgan fingerprint density at radius 1 is 1.19 bits per heavy atom. The molecule has 0 heterocycles. The van der Waals surface area contributed by atoms with Crippen molar-refractivity contribution in [1.82, 2.24) is 5.32 Å². The summed E-state index contributed by atoms with van der Waals surface area (Å²) in [6, 6.07) is 0.842. The molecule has 2 aliphatic carbocycles. The lowest BCUT2D eigenvalue weighted by molar-refractivity contribution is 0.0546. The summed E-state index contributed by atoms with van der Waals surface area (Å²) < 4.78 is 5.34. The summed E-state index contributed by atoms with van der Waals surface area (Å²) in [6.45, 7) is 6.97. The average Bonchev–Trinajstić information content (AvgIpc) is 3.34. The van der Waals surface area contributed by atoms with E-state index in [1.165, 1.54) is 70.8 Å². The molecule has 2 aliphatic rings. The van der Waals surface area contributed by atoms with Crippen LogP contribution < -0.4 is 5.32 Å². The van der Waals surface area contributed by atoms with Gasteiger partial charge in [-0.05, 0) is 62.2 Å². The minimum absolute atomic E-state index is 0.545. The van der Waals surface area contributed by atoms with Gasteiger partial charge in [-0.25, -0.2) is 0 Å². The maximum absolute atomic E-state index is 5.34. The third-order valence-corrected chi connectivity index (χ3v) is 6.19. The zero-order valence-corrected chi connectivity index (χ0v) is 14.6. The Balaban J connectivity index is 1.86. The lowest BCUT2D eigenvalue weighted by atomic mass is 9.62. The number of ether oxygens (including phenoxy) is 1. The van der Waals surface area contributed by atoms with Crippen molar-refractivity contribution in [1.29, 1.82) is 0 Å². The molecule has 1 N–H and O–H groups in total. The SMILES string of the molecule is CCCCC1CCC(CNC2CC2)(C(C)CCOC)CC1. The molecule has 0 aromatic rings. The molecule has 2 nitrogen and oxygen atoms in total. The maximum Gasteiger partial charge on any atom is 0.0465 e. The van der Waals surface area contributed by atoms with E-state index in [0.717, 1.165) is 24.5 Å². The normalized spacial score (nSPS) is 31.3. The highest BCUT2D eigenvalue weighted by atomic mass is 16.5. The Hall–Kier alpha value is -0.0800. The highest BCUT2D eigenvalue weighted by Gasteiger charge is 2.40. The second-order valence-corrected chi connectivity index (χ2v) is 7.79. The molecule has 0 amide bonds. The molecule has 0 aromatic heterocycles. The molecule has 0 spiro atoms. The van der Waals surface area contributed by atoms with Gasteiger partial charge in [-0.3, -0.25) is 0 Å². The first-order valence-corrected chi connectivity index (χ1v) is 9.42. The highest BCUT2D eigenvalue weighted by Crippen LogP contribution is 2.46. The molecule has 0 radical (unpaired) electrons. The van der Waals surface area contributed by atoms with Crippen LogP contribution in [0.3, 0.4) is 0 Å². The Kier molecular flexibility index (Phi) is 7.01. The van der Waals surface area contributed by atoms with Crippen molar-refractivity contribution in [2.75, 3.05) is 20.3 Å². The Morgan fingerprint density at radius 2 is 1.90 bits per heavy atom. The second kappa shape index (κ2) is 8.53. The molecule has 2 saturated carbocycles. The first-order chi connectivity index (χ1) is 10.2. The number of hydrogen-bond donors (Lipinski definition) is 1. The van der Waals surface area contributed by atoms with Crippen LogP contribution in [-0.2, 0) is 4.74 Å². The van der Waals surface area contributed by atoms with Gasteiger partial charge in [0, 0.05) is 26.3 Å². The molecule has 1 unspecified atom stereocenters. The van der Waals surface area contributed by atoms with Gasteiger partial charge in [-0.2, -0.15) is 0 Å². The first-order valence-electron chi connectivity index (χ1n) is 9.42. The van der Waals surface area contributed by atoms with Crippen LogP contribution in [0, 0.1) is 17.3 Å². The van der Waals surface area contributed by atoms with Crippen LogP contribution in [0.15, 0.2) is 0 Å². The zero-order chi connectivity index (χ0) is 15.1. The van der Waals surface area contributed by atoms with Crippen molar-refractivity contribution in [3.63, 3.8) is 0 Å². The molecular weight excluding hydrogens is 258 g/mol. The second-order valence-electron chi connectivity index (χ2n) is 7.79. The molecule has 21 heavy (non-hydrogen) atoms. The minimum atomic E-state index is 0.545. The number of rotatable bonds is 10. The summed E-state index contributed by atoms with van der Waals surface area (Å²) in [5.41, 5.74) is 0.545. The van der Waals surface area contributed by atoms with Crippen LogP contribution in [0.2, 0.25) is 0 Å². The fourth-order valence-corrected chi connectivity index (χ4v) is 4.11. The van der Waals surface area contributed by atoms with Crippen molar-refractivity contribution in [3.8, 4) is 0 Å². The van der Waals surface area contributed by atoms with Crippen LogP contribution in [0.1, 0.15) is 78.1 Å². The third-order valence-electron chi connectivity index (χ3n) is 6.19. The van der Waals surface area contributed by atoms with E-state index in [9.17, 15) is 0 Å². The van der Waals surface area contributed by atoms with E-state index in [1.807, 2.05) is 7.11 Å². The van der Waals surface area contributed by atoms with E-state index in [-0.39, 0.29) is 0 Å². The summed E-state index contributed by atoms with van der Waals surface area (Å²) in [5.74, 6) is 1.80. The number of nitrogens with one attached hydrogen (secondary N) is 1. The van der Waals surface area contributed by atoms with Crippen LogP contribution in [0.4, 0.5) is 0 Å². The maximum atomic E-state index is 5.34. The molecule has 0 aliphatic heterocycles. The summed E-state index contributed by atoms with van der Waals surface area (Å²) in [5, 5.41) is 3.84. The Labute approximate surface area is 132 Å². The quantitative estimate of drug-likeness (QED) is 0.626. The lowest BCUT2D eigenvalue weighted by Gasteiger charge is -2.45. The predicted octanol–water partition coefficient (Wildman–Crippen LogP) is 4.78. The van der Waals surface area contributed by atoms with E-state index in [1.54, 1.807) is 0 Å². The van der Waals surface area contributed by atoms with Gasteiger partial charge in [0.2, 0.25) is 0 Å². The van der Waals surface area contributed by atoms with E-state index in [0.29, 0.717) is 5.41 Å². The van der Waals surface area contributed by atoms with Crippen LogP contribution in [0.5, 0.6) is 0 Å². The highest BCUT2D eigenvalue weighted by molar-refractivity contribution is 4.93. The van der Waals surface area contributed by atoms with Gasteiger partial charge in [-0.15, -0.1) is 0 Å². The molecule has 124 valence electrons. The molecule has 2 fully saturated rings. The summed E-state index contributed by atoms with van der Waals surface area (Å²) in [4.78, 5) is 0. The summed E-state index contributed by atoms with van der Waals surface area (Å²) >= 11 is 0. The fraction of sp³-hybridized carbons (Fsp3) is 1.00. The topological polar surface area (TPSA) is 21.3 Å². The van der Waals surface area contributed by atoms with E-state index in [4.69, 9.17) is 4.74 Å². The van der Waals surface area contributed by atoms with Gasteiger partial charge in [0.05, 0.1) is 0 Å². The number of unbranched alkanes of at least 4 members (excludes halogenated alkanes) is 1. The molecule has 0 bridgehead atoms. The van der Waals surface area contributed by atoms with Crippen molar-refractivity contribution in [3.05, 3.63) is 0 Å². The molecule has 2 heteroatoms. The van der Waals surface area contributed by atoms with Gasteiger partial charge in [0.25, 0.3) is 0 Å². The smallest absolute Gasteiger partial charge is 0.0465 e. The van der Waals surface area contributed by atoms with Crippen LogP contribution in [-0.4, -0.2) is 26.3 Å². The average molecular weight is 296 g/mol. The van der Waals surface area contributed by atoms with E-state index < -0.39 is 0 Å². The van der Waals surface area contributed by atoms with Gasteiger partial charge in [-0.1, -0.05) is 33.1 Å². The van der Waals surface area contributed by atoms with E-state index >= 15 is 0 Å².